The molecular weight excluding hydrogens is 600 g/mol. The Morgan fingerprint density at radius 2 is 1.69 bits per heavy atom. The number of hydrogen-bond acceptors (Lipinski definition) is 6. The zero-order valence-electron chi connectivity index (χ0n) is 28.0. The highest BCUT2D eigenvalue weighted by Gasteiger charge is 2.70. The van der Waals surface area contributed by atoms with Crippen molar-refractivity contribution in [3.8, 4) is 0 Å². The first kappa shape index (κ1) is 35.3. The van der Waals surface area contributed by atoms with Gasteiger partial charge < -0.3 is 26.2 Å². The Hall–Kier alpha value is -2.58. The topological polar surface area (TPSA) is 177 Å². The molecule has 2 unspecified atom stereocenters. The zero-order chi connectivity index (χ0) is 33.6. The van der Waals surface area contributed by atoms with Crippen molar-refractivity contribution in [2.45, 2.75) is 98.3 Å². The van der Waals surface area contributed by atoms with Gasteiger partial charge in [0, 0.05) is 20.0 Å². The molecule has 0 radical (unpaired) electrons. The highest BCUT2D eigenvalue weighted by atomic mass is 32.3. The fraction of sp³-hybridized carbons (Fsp3) is 0.839. The number of carbonyl (C=O) groups is 5. The van der Waals surface area contributed by atoms with Gasteiger partial charge in [-0.15, -0.1) is 0 Å². The molecule has 0 aromatic carbocycles. The second-order valence-electron chi connectivity index (χ2n) is 15.4. The maximum atomic E-state index is 14.3. The normalized spacial score (nSPS) is 29.4. The number of ketones is 1. The molecule has 0 aromatic heterocycles. The van der Waals surface area contributed by atoms with Crippen molar-refractivity contribution in [1.29, 1.82) is 0 Å². The fourth-order valence-corrected chi connectivity index (χ4v) is 8.55. The number of fused-ring (bicyclic) bond motifs is 1. The van der Waals surface area contributed by atoms with Gasteiger partial charge in [-0.2, -0.15) is 4.55 Å². The number of hydrogen-bond donors (Lipinski definition) is 5. The van der Waals surface area contributed by atoms with Crippen molar-refractivity contribution in [3.05, 3.63) is 0 Å². The number of nitrogens with one attached hydrogen (secondary N) is 4. The number of carbonyl (C=O) groups excluding carboxylic acids is 5. The average molecular weight is 654 g/mol. The first-order valence-electron chi connectivity index (χ1n) is 16.2. The lowest BCUT2D eigenvalue weighted by atomic mass is 9.85. The smallest absolute Gasteiger partial charge is 0.315 e. The summed E-state index contributed by atoms with van der Waals surface area (Å²) in [6.07, 6.45) is 2.86. The summed E-state index contributed by atoms with van der Waals surface area (Å²) in [5, 5.41) is 11.0. The molecule has 254 valence electrons. The van der Waals surface area contributed by atoms with Crippen LogP contribution in [0, 0.1) is 34.5 Å². The summed E-state index contributed by atoms with van der Waals surface area (Å²) >= 11 is 0. The summed E-state index contributed by atoms with van der Waals surface area (Å²) in [4.78, 5) is 68.2. The molecule has 2 saturated carbocycles. The van der Waals surface area contributed by atoms with Crippen molar-refractivity contribution in [1.82, 2.24) is 30.5 Å². The lowest BCUT2D eigenvalue weighted by Gasteiger charge is -2.38. The van der Waals surface area contributed by atoms with Crippen LogP contribution >= 0.6 is 0 Å². The van der Waals surface area contributed by atoms with Gasteiger partial charge in [0.05, 0.1) is 25.2 Å². The Balaban J connectivity index is 1.50. The van der Waals surface area contributed by atoms with E-state index in [1.54, 1.807) is 0 Å². The van der Waals surface area contributed by atoms with Crippen LogP contribution in [0.3, 0.4) is 0 Å². The molecule has 45 heavy (non-hydrogen) atoms. The van der Waals surface area contributed by atoms with Crippen molar-refractivity contribution < 1.29 is 32.7 Å². The summed E-state index contributed by atoms with van der Waals surface area (Å²) in [6.45, 7) is 14.5. The van der Waals surface area contributed by atoms with Crippen molar-refractivity contribution in [3.63, 3.8) is 0 Å². The second-order valence-corrected chi connectivity index (χ2v) is 17.5. The average Bonchev–Trinajstić information content (AvgIpc) is 3.73. The molecule has 0 spiro atoms. The predicted octanol–water partition coefficient (Wildman–Crippen LogP) is 1.40. The molecule has 14 heteroatoms. The molecule has 4 rings (SSSR count). The summed E-state index contributed by atoms with van der Waals surface area (Å²) in [5.41, 5.74) is -0.897. The SMILES string of the molecule is CNC(=O)C(=O)C(CC1CC1)NC(=O)[C@@H]1[C@@H]2[C@H](CN1C(=O)[C@@H](NC(=O)N[C@H](CN1CCC[S+]1(=O)O)C(C)C)C(C)(C)C)C2(C)C. The molecule has 7 atom stereocenters. The largest absolute Gasteiger partial charge is 0.353 e. The van der Waals surface area contributed by atoms with Crippen LogP contribution in [0.15, 0.2) is 0 Å². The molecule has 0 bridgehead atoms. The number of likely N-dealkylation sites (tertiary alicyclic amines) is 1. The molecule has 0 aromatic rings. The molecule has 5 N–H and O–H groups in total. The van der Waals surface area contributed by atoms with Crippen molar-refractivity contribution >= 4 is 39.9 Å². The van der Waals surface area contributed by atoms with Crippen molar-refractivity contribution in [2.75, 3.05) is 32.4 Å². The van der Waals surface area contributed by atoms with Gasteiger partial charge in [-0.3, -0.25) is 19.2 Å². The van der Waals surface area contributed by atoms with Crippen molar-refractivity contribution in [2.24, 2.45) is 34.5 Å². The Labute approximate surface area is 268 Å². The Morgan fingerprint density at radius 1 is 1.04 bits per heavy atom. The van der Waals surface area contributed by atoms with Gasteiger partial charge in [0.25, 0.3) is 16.3 Å². The minimum atomic E-state index is -3.10. The lowest BCUT2D eigenvalue weighted by Crippen LogP contribution is -2.62. The molecule has 2 heterocycles. The van der Waals surface area contributed by atoms with E-state index in [1.807, 2.05) is 34.6 Å². The minimum Gasteiger partial charge on any atom is -0.353 e. The number of urea groups is 1. The Kier molecular flexibility index (Phi) is 10.1. The van der Waals surface area contributed by atoms with Gasteiger partial charge in [-0.05, 0) is 45.1 Å². The third-order valence-electron chi connectivity index (χ3n) is 10.2. The van der Waals surface area contributed by atoms with E-state index in [2.05, 4.69) is 35.1 Å². The molecule has 4 aliphatic rings. The Morgan fingerprint density at radius 3 is 2.20 bits per heavy atom. The first-order valence-corrected chi connectivity index (χ1v) is 17.9. The van der Waals surface area contributed by atoms with Crippen LogP contribution in [0.1, 0.15) is 74.1 Å². The lowest BCUT2D eigenvalue weighted by molar-refractivity contribution is -0.145. The number of nitrogens with zero attached hydrogens (tertiary/aromatic N) is 2. The summed E-state index contributed by atoms with van der Waals surface area (Å²) in [7, 11) is -1.73. The van der Waals surface area contributed by atoms with E-state index >= 15 is 0 Å². The van der Waals surface area contributed by atoms with Crippen LogP contribution in [-0.4, -0.2) is 99.9 Å². The summed E-state index contributed by atoms with van der Waals surface area (Å²) in [6, 6.07) is -3.81. The van der Waals surface area contributed by atoms with E-state index < -0.39 is 69.5 Å². The van der Waals surface area contributed by atoms with Gasteiger partial charge in [0.2, 0.25) is 17.6 Å². The first-order chi connectivity index (χ1) is 20.8. The number of Topliss-reactive ketones (excluding diaryl/α,β-unsaturated/α-hetero) is 1. The summed E-state index contributed by atoms with van der Waals surface area (Å²) in [5.74, 6) is -1.92. The molecule has 13 nitrogen and oxygen atoms in total. The third kappa shape index (κ3) is 7.70. The molecular formula is C31H53N6O7S+. The molecule has 2 aliphatic heterocycles. The van der Waals surface area contributed by atoms with E-state index in [-0.39, 0.29) is 41.4 Å². The monoisotopic (exact) mass is 653 g/mol. The van der Waals surface area contributed by atoms with Crippen LogP contribution in [-0.2, 0) is 33.8 Å². The highest BCUT2D eigenvalue weighted by molar-refractivity contribution is 7.95. The van der Waals surface area contributed by atoms with E-state index in [9.17, 15) is 32.7 Å². The fourth-order valence-electron chi connectivity index (χ4n) is 6.98. The van der Waals surface area contributed by atoms with E-state index in [4.69, 9.17) is 0 Å². The van der Waals surface area contributed by atoms with Gasteiger partial charge in [0.15, 0.2) is 5.75 Å². The highest BCUT2D eigenvalue weighted by Crippen LogP contribution is 2.65. The maximum Gasteiger partial charge on any atom is 0.315 e. The van der Waals surface area contributed by atoms with Gasteiger partial charge in [-0.1, -0.05) is 65.6 Å². The van der Waals surface area contributed by atoms with Crippen LogP contribution in [0.4, 0.5) is 4.79 Å². The van der Waals surface area contributed by atoms with Gasteiger partial charge in [-0.25, -0.2) is 4.79 Å². The van der Waals surface area contributed by atoms with Crippen LogP contribution in [0.5, 0.6) is 0 Å². The van der Waals surface area contributed by atoms with Crippen LogP contribution < -0.4 is 21.3 Å². The maximum absolute atomic E-state index is 14.3. The number of piperidine rings is 1. The number of amides is 5. The molecule has 2 saturated heterocycles. The zero-order valence-corrected chi connectivity index (χ0v) is 28.8. The quantitative estimate of drug-likeness (QED) is 0.156. The Bertz CT molecular complexity index is 1250. The van der Waals surface area contributed by atoms with Crippen LogP contribution in [0.2, 0.25) is 0 Å². The number of likely N-dealkylation sites (N-methyl/N-ethyl adjacent to an activating group) is 1. The number of rotatable bonds is 12. The minimum absolute atomic E-state index is 0.0441. The second kappa shape index (κ2) is 12.9. The van der Waals surface area contributed by atoms with E-state index in [0.29, 0.717) is 25.9 Å². The predicted molar refractivity (Wildman–Crippen MR) is 170 cm³/mol. The standard InChI is InChI=1S/C31H52N6O7S/c1-17(2)21(16-36-12-9-13-45(36,43)44)34-29(42)35-25(30(3,4)5)28(41)37-15-19-22(31(19,6)7)23(37)26(39)33-20(14-18-10-11-18)24(38)27(40)32-8/h17-23,25H,9-16H2,1-8H3,(H4-,32,33,34,35,39,40,42,43,44)/p+1/t19-,20?,21+,22-,23-,25+/m0/s1. The van der Waals surface area contributed by atoms with E-state index in [1.165, 1.54) is 16.3 Å². The van der Waals surface area contributed by atoms with Gasteiger partial charge >= 0.3 is 6.03 Å². The summed E-state index contributed by atoms with van der Waals surface area (Å²) < 4.78 is 24.3. The molecule has 4 fully saturated rings. The van der Waals surface area contributed by atoms with Gasteiger partial charge in [0.1, 0.15) is 12.1 Å². The molecule has 2 aliphatic carbocycles. The third-order valence-corrected chi connectivity index (χ3v) is 12.2. The molecule has 5 amide bonds. The van der Waals surface area contributed by atoms with Crippen LogP contribution in [0.25, 0.3) is 0 Å². The van der Waals surface area contributed by atoms with E-state index in [0.717, 1.165) is 12.8 Å².